The molecule has 1 fully saturated rings. The van der Waals surface area contributed by atoms with Crippen molar-refractivity contribution < 1.29 is 4.79 Å². The van der Waals surface area contributed by atoms with E-state index in [9.17, 15) is 4.79 Å². The first-order valence-corrected chi connectivity index (χ1v) is 7.31. The second kappa shape index (κ2) is 5.65. The summed E-state index contributed by atoms with van der Waals surface area (Å²) in [5, 5.41) is 3.00. The molecule has 0 aliphatic carbocycles. The molecule has 1 aromatic heterocycles. The van der Waals surface area contributed by atoms with Crippen molar-refractivity contribution in [2.45, 2.75) is 27.2 Å². The van der Waals surface area contributed by atoms with Crippen LogP contribution in [0.1, 0.15) is 31.0 Å². The quantitative estimate of drug-likeness (QED) is 0.769. The molecule has 1 aliphatic rings. The summed E-state index contributed by atoms with van der Waals surface area (Å²) in [6, 6.07) is 0. The first kappa shape index (κ1) is 13.3. The van der Waals surface area contributed by atoms with Crippen LogP contribution in [0.2, 0.25) is 0 Å². The van der Waals surface area contributed by atoms with Gasteiger partial charge in [0.15, 0.2) is 0 Å². The fourth-order valence-corrected chi connectivity index (χ4v) is 3.14. The predicted molar refractivity (Wildman–Crippen MR) is 75.4 cm³/mol. The van der Waals surface area contributed by atoms with Crippen molar-refractivity contribution in [1.29, 1.82) is 0 Å². The summed E-state index contributed by atoms with van der Waals surface area (Å²) in [6.07, 6.45) is 4.69. The molecule has 2 rings (SSSR count). The number of hydrogen-bond donors (Lipinski definition) is 0. The maximum Gasteiger partial charge on any atom is 0.246 e. The van der Waals surface area contributed by atoms with Crippen LogP contribution in [-0.4, -0.2) is 28.9 Å². The van der Waals surface area contributed by atoms with E-state index in [4.69, 9.17) is 0 Å². The summed E-state index contributed by atoms with van der Waals surface area (Å²) in [5.41, 5.74) is 0.879. The minimum atomic E-state index is 0.110. The molecule has 0 spiro atoms. The van der Waals surface area contributed by atoms with E-state index in [0.717, 1.165) is 23.8 Å². The minimum absolute atomic E-state index is 0.110. The highest BCUT2D eigenvalue weighted by molar-refractivity contribution is 7.09. The molecule has 2 atom stereocenters. The number of carbonyl (C=O) groups excluding carboxylic acids is 1. The average Bonchev–Trinajstić information content (AvgIpc) is 2.70. The van der Waals surface area contributed by atoms with E-state index in [-0.39, 0.29) is 5.91 Å². The van der Waals surface area contributed by atoms with Crippen molar-refractivity contribution in [2.75, 3.05) is 13.1 Å². The number of aryl methyl sites for hydroxylation is 1. The zero-order valence-corrected chi connectivity index (χ0v) is 12.0. The predicted octanol–water partition coefficient (Wildman–Crippen LogP) is 2.97. The van der Waals surface area contributed by atoms with Crippen molar-refractivity contribution in [3.63, 3.8) is 0 Å². The molecule has 4 heteroatoms. The lowest BCUT2D eigenvalue weighted by molar-refractivity contribution is -0.128. The largest absolute Gasteiger partial charge is 0.339 e. The van der Waals surface area contributed by atoms with E-state index in [1.165, 1.54) is 6.42 Å². The van der Waals surface area contributed by atoms with Gasteiger partial charge in [-0.15, -0.1) is 11.3 Å². The summed E-state index contributed by atoms with van der Waals surface area (Å²) >= 11 is 1.61. The molecule has 2 heterocycles. The molecule has 0 radical (unpaired) electrons. The molecule has 18 heavy (non-hydrogen) atoms. The molecule has 0 saturated carbocycles. The van der Waals surface area contributed by atoms with Crippen LogP contribution in [0.5, 0.6) is 0 Å². The van der Waals surface area contributed by atoms with Gasteiger partial charge in [-0.2, -0.15) is 0 Å². The summed E-state index contributed by atoms with van der Waals surface area (Å²) in [7, 11) is 0. The van der Waals surface area contributed by atoms with Crippen molar-refractivity contribution in [3.8, 4) is 0 Å². The van der Waals surface area contributed by atoms with Crippen molar-refractivity contribution in [3.05, 3.63) is 22.2 Å². The number of carbonyl (C=O) groups is 1. The summed E-state index contributed by atoms with van der Waals surface area (Å²) in [4.78, 5) is 18.4. The van der Waals surface area contributed by atoms with Crippen LogP contribution in [0.25, 0.3) is 6.08 Å². The second-order valence-electron chi connectivity index (χ2n) is 5.31. The van der Waals surface area contributed by atoms with Gasteiger partial charge in [0.25, 0.3) is 0 Å². The number of aromatic nitrogens is 1. The Morgan fingerprint density at radius 3 is 2.67 bits per heavy atom. The minimum Gasteiger partial charge on any atom is -0.339 e. The van der Waals surface area contributed by atoms with Crippen LogP contribution in [0.4, 0.5) is 0 Å². The van der Waals surface area contributed by atoms with E-state index in [1.54, 1.807) is 17.4 Å². The Morgan fingerprint density at radius 2 is 2.11 bits per heavy atom. The number of likely N-dealkylation sites (tertiary alicyclic amines) is 1. The molecule has 0 bridgehead atoms. The lowest BCUT2D eigenvalue weighted by atomic mass is 9.92. The first-order chi connectivity index (χ1) is 8.54. The third-order valence-corrected chi connectivity index (χ3v) is 4.01. The van der Waals surface area contributed by atoms with Gasteiger partial charge in [-0.3, -0.25) is 4.79 Å². The van der Waals surface area contributed by atoms with Crippen LogP contribution in [0, 0.1) is 18.8 Å². The SMILES string of the molecule is Cc1nc(/C=C/C(=O)N2CC(C)CC(C)C2)cs1. The van der Waals surface area contributed by atoms with Gasteiger partial charge in [0, 0.05) is 24.5 Å². The average molecular weight is 264 g/mol. The van der Waals surface area contributed by atoms with Crippen LogP contribution in [-0.2, 0) is 4.79 Å². The molecule has 0 N–H and O–H groups in total. The monoisotopic (exact) mass is 264 g/mol. The molecular weight excluding hydrogens is 244 g/mol. The van der Waals surface area contributed by atoms with Gasteiger partial charge in [-0.1, -0.05) is 13.8 Å². The van der Waals surface area contributed by atoms with Crippen LogP contribution < -0.4 is 0 Å². The van der Waals surface area contributed by atoms with Crippen LogP contribution in [0.3, 0.4) is 0 Å². The Bertz CT molecular complexity index is 442. The highest BCUT2D eigenvalue weighted by Crippen LogP contribution is 2.21. The molecule has 1 amide bonds. The maximum atomic E-state index is 12.1. The van der Waals surface area contributed by atoms with Gasteiger partial charge in [0.2, 0.25) is 5.91 Å². The van der Waals surface area contributed by atoms with E-state index in [1.807, 2.05) is 23.3 Å². The van der Waals surface area contributed by atoms with E-state index in [2.05, 4.69) is 18.8 Å². The zero-order valence-electron chi connectivity index (χ0n) is 11.2. The Balaban J connectivity index is 1.97. The fraction of sp³-hybridized carbons (Fsp3) is 0.571. The van der Waals surface area contributed by atoms with Crippen molar-refractivity contribution in [2.24, 2.45) is 11.8 Å². The molecular formula is C14H20N2OS. The lowest BCUT2D eigenvalue weighted by Crippen LogP contribution is -2.41. The fourth-order valence-electron chi connectivity index (χ4n) is 2.56. The Kier molecular flexibility index (Phi) is 4.17. The van der Waals surface area contributed by atoms with E-state index in [0.29, 0.717) is 11.8 Å². The van der Waals surface area contributed by atoms with Crippen LogP contribution in [0.15, 0.2) is 11.5 Å². The third kappa shape index (κ3) is 3.42. The van der Waals surface area contributed by atoms with Gasteiger partial charge in [-0.05, 0) is 31.3 Å². The molecule has 1 aromatic rings. The van der Waals surface area contributed by atoms with Gasteiger partial charge in [0.05, 0.1) is 10.7 Å². The smallest absolute Gasteiger partial charge is 0.246 e. The number of hydrogen-bond acceptors (Lipinski definition) is 3. The number of thiazole rings is 1. The van der Waals surface area contributed by atoms with Crippen molar-refractivity contribution >= 4 is 23.3 Å². The van der Waals surface area contributed by atoms with E-state index >= 15 is 0 Å². The molecule has 1 aliphatic heterocycles. The van der Waals surface area contributed by atoms with Gasteiger partial charge in [0.1, 0.15) is 0 Å². The van der Waals surface area contributed by atoms with Crippen molar-refractivity contribution in [1.82, 2.24) is 9.88 Å². The highest BCUT2D eigenvalue weighted by atomic mass is 32.1. The Labute approximate surface area is 113 Å². The number of piperidine rings is 1. The summed E-state index contributed by atoms with van der Waals surface area (Å²) < 4.78 is 0. The molecule has 0 aromatic carbocycles. The lowest BCUT2D eigenvalue weighted by Gasteiger charge is -2.34. The number of rotatable bonds is 2. The van der Waals surface area contributed by atoms with Gasteiger partial charge in [-0.25, -0.2) is 4.98 Å². The zero-order chi connectivity index (χ0) is 13.1. The summed E-state index contributed by atoms with van der Waals surface area (Å²) in [5.74, 6) is 1.32. The Morgan fingerprint density at radius 1 is 1.44 bits per heavy atom. The Hall–Kier alpha value is -1.16. The molecule has 98 valence electrons. The summed E-state index contributed by atoms with van der Waals surface area (Å²) in [6.45, 7) is 8.15. The number of nitrogens with zero attached hydrogens (tertiary/aromatic N) is 2. The topological polar surface area (TPSA) is 33.2 Å². The van der Waals surface area contributed by atoms with Gasteiger partial charge < -0.3 is 4.90 Å². The molecule has 3 nitrogen and oxygen atoms in total. The third-order valence-electron chi connectivity index (χ3n) is 3.21. The normalized spacial score (nSPS) is 24.7. The standard InChI is InChI=1S/C14H20N2OS/c1-10-6-11(2)8-16(7-10)14(17)5-4-13-9-18-12(3)15-13/h4-5,9-11H,6-8H2,1-3H3/b5-4+. The maximum absolute atomic E-state index is 12.1. The molecule has 1 saturated heterocycles. The number of amides is 1. The van der Waals surface area contributed by atoms with E-state index < -0.39 is 0 Å². The first-order valence-electron chi connectivity index (χ1n) is 6.43. The second-order valence-corrected chi connectivity index (χ2v) is 6.38. The molecule has 2 unspecified atom stereocenters. The van der Waals surface area contributed by atoms with Gasteiger partial charge >= 0.3 is 0 Å². The van der Waals surface area contributed by atoms with Crippen LogP contribution >= 0.6 is 11.3 Å². The highest BCUT2D eigenvalue weighted by Gasteiger charge is 2.23.